The number of hydrogen-bond donors (Lipinski definition) is 1. The number of carbonyl (C=O) groups excluding carboxylic acids is 1. The van der Waals surface area contributed by atoms with Gasteiger partial charge in [-0.1, -0.05) is 12.1 Å². The number of rotatable bonds is 6. The predicted molar refractivity (Wildman–Crippen MR) is 93.0 cm³/mol. The summed E-state index contributed by atoms with van der Waals surface area (Å²) >= 11 is 2.05. The number of nitrogens with zero attached hydrogens (tertiary/aromatic N) is 2. The van der Waals surface area contributed by atoms with Gasteiger partial charge in [0.2, 0.25) is 0 Å². The molecule has 0 aliphatic heterocycles. The minimum atomic E-state index is -0.805. The average Bonchev–Trinajstić information content (AvgIpc) is 2.54. The Morgan fingerprint density at radius 2 is 1.83 bits per heavy atom. The average molecular weight is 443 g/mol. The van der Waals surface area contributed by atoms with Crippen molar-refractivity contribution in [2.45, 2.75) is 0 Å². The first-order chi connectivity index (χ1) is 11.4. The Morgan fingerprint density at radius 1 is 1.12 bits per heavy atom. The van der Waals surface area contributed by atoms with Crippen molar-refractivity contribution < 1.29 is 19.4 Å². The number of nitro groups is 2. The van der Waals surface area contributed by atoms with Gasteiger partial charge in [0.15, 0.2) is 12.4 Å². The van der Waals surface area contributed by atoms with Crippen LogP contribution >= 0.6 is 22.6 Å². The minimum absolute atomic E-state index is 0.219. The molecule has 0 aliphatic carbocycles. The van der Waals surface area contributed by atoms with Crippen molar-refractivity contribution in [1.29, 1.82) is 0 Å². The van der Waals surface area contributed by atoms with Crippen LogP contribution in [0.5, 0.6) is 5.75 Å². The molecule has 1 amide bonds. The van der Waals surface area contributed by atoms with Crippen LogP contribution in [0.15, 0.2) is 42.5 Å². The number of benzene rings is 2. The summed E-state index contributed by atoms with van der Waals surface area (Å²) in [6.07, 6.45) is 0. The number of amides is 1. The van der Waals surface area contributed by atoms with Crippen LogP contribution in [0.4, 0.5) is 17.1 Å². The molecule has 2 aromatic carbocycles. The zero-order valence-corrected chi connectivity index (χ0v) is 14.1. The first-order valence-electron chi connectivity index (χ1n) is 6.48. The molecule has 0 heterocycles. The van der Waals surface area contributed by atoms with Gasteiger partial charge in [0.1, 0.15) is 0 Å². The van der Waals surface area contributed by atoms with Crippen molar-refractivity contribution in [1.82, 2.24) is 0 Å². The molecule has 0 aromatic heterocycles. The highest BCUT2D eigenvalue weighted by Crippen LogP contribution is 2.31. The second-order valence-electron chi connectivity index (χ2n) is 4.48. The lowest BCUT2D eigenvalue weighted by atomic mass is 10.2. The van der Waals surface area contributed by atoms with Crippen LogP contribution in [-0.2, 0) is 4.79 Å². The molecule has 24 heavy (non-hydrogen) atoms. The smallest absolute Gasteiger partial charge is 0.317 e. The van der Waals surface area contributed by atoms with E-state index in [-0.39, 0.29) is 5.75 Å². The summed E-state index contributed by atoms with van der Waals surface area (Å²) in [4.78, 5) is 32.0. The van der Waals surface area contributed by atoms with Gasteiger partial charge in [-0.25, -0.2) is 0 Å². The lowest BCUT2D eigenvalue weighted by Crippen LogP contribution is -2.21. The second kappa shape index (κ2) is 7.68. The van der Waals surface area contributed by atoms with Crippen molar-refractivity contribution in [2.24, 2.45) is 0 Å². The van der Waals surface area contributed by atoms with Crippen molar-refractivity contribution in [3.05, 3.63) is 66.3 Å². The molecule has 0 saturated heterocycles. The zero-order valence-electron chi connectivity index (χ0n) is 12.0. The van der Waals surface area contributed by atoms with Crippen LogP contribution < -0.4 is 10.1 Å². The third kappa shape index (κ3) is 4.38. The largest absolute Gasteiger partial charge is 0.477 e. The van der Waals surface area contributed by atoms with Gasteiger partial charge in [-0.3, -0.25) is 25.0 Å². The van der Waals surface area contributed by atoms with Gasteiger partial charge in [-0.15, -0.1) is 0 Å². The topological polar surface area (TPSA) is 125 Å². The van der Waals surface area contributed by atoms with Gasteiger partial charge in [0, 0.05) is 9.64 Å². The molecule has 0 spiro atoms. The first-order valence-corrected chi connectivity index (χ1v) is 7.56. The number of para-hydroxylation sites is 1. The van der Waals surface area contributed by atoms with E-state index in [0.29, 0.717) is 5.69 Å². The van der Waals surface area contributed by atoms with Crippen LogP contribution in [0.25, 0.3) is 0 Å². The van der Waals surface area contributed by atoms with Crippen LogP contribution in [0.1, 0.15) is 0 Å². The molecule has 9 nitrogen and oxygen atoms in total. The molecule has 2 rings (SSSR count). The van der Waals surface area contributed by atoms with Crippen LogP contribution in [0, 0.1) is 23.8 Å². The van der Waals surface area contributed by atoms with Crippen molar-refractivity contribution in [3.63, 3.8) is 0 Å². The number of anilines is 1. The molecule has 0 atom stereocenters. The van der Waals surface area contributed by atoms with Gasteiger partial charge in [-0.05, 0) is 40.8 Å². The molecule has 0 fully saturated rings. The van der Waals surface area contributed by atoms with Crippen LogP contribution in [0.2, 0.25) is 0 Å². The molecule has 0 radical (unpaired) electrons. The van der Waals surface area contributed by atoms with E-state index in [4.69, 9.17) is 4.74 Å². The predicted octanol–water partition coefficient (Wildman–Crippen LogP) is 3.13. The normalized spacial score (nSPS) is 10.0. The Bertz CT molecular complexity index is 811. The van der Waals surface area contributed by atoms with Gasteiger partial charge >= 0.3 is 5.69 Å². The molecule has 0 saturated carbocycles. The van der Waals surface area contributed by atoms with Gasteiger partial charge in [0.05, 0.1) is 21.6 Å². The molecule has 0 unspecified atom stereocenters. The molecular formula is C14H10IN3O6. The van der Waals surface area contributed by atoms with E-state index >= 15 is 0 Å². The zero-order chi connectivity index (χ0) is 17.7. The molecule has 10 heteroatoms. The lowest BCUT2D eigenvalue weighted by Gasteiger charge is -2.09. The highest BCUT2D eigenvalue weighted by atomic mass is 127. The van der Waals surface area contributed by atoms with Crippen molar-refractivity contribution in [2.75, 3.05) is 11.9 Å². The van der Waals surface area contributed by atoms with Gasteiger partial charge < -0.3 is 10.1 Å². The third-order valence-corrected chi connectivity index (χ3v) is 3.80. The number of nitrogens with one attached hydrogen (secondary N) is 1. The summed E-state index contributed by atoms with van der Waals surface area (Å²) < 4.78 is 5.95. The highest BCUT2D eigenvalue weighted by Gasteiger charge is 2.21. The summed E-state index contributed by atoms with van der Waals surface area (Å²) in [5.74, 6) is -0.727. The Hall–Kier alpha value is -2.76. The number of nitro benzene ring substituents is 2. The van der Waals surface area contributed by atoms with E-state index in [9.17, 15) is 25.0 Å². The number of carbonyl (C=O) groups is 1. The van der Waals surface area contributed by atoms with E-state index < -0.39 is 33.7 Å². The highest BCUT2D eigenvalue weighted by molar-refractivity contribution is 14.1. The van der Waals surface area contributed by atoms with E-state index in [1.807, 2.05) is 28.7 Å². The van der Waals surface area contributed by atoms with Crippen molar-refractivity contribution in [3.8, 4) is 5.75 Å². The van der Waals surface area contributed by atoms with E-state index in [2.05, 4.69) is 5.32 Å². The molecule has 0 aliphatic rings. The maximum Gasteiger partial charge on any atom is 0.317 e. The first kappa shape index (κ1) is 17.6. The van der Waals surface area contributed by atoms with Gasteiger partial charge in [-0.2, -0.15) is 0 Å². The van der Waals surface area contributed by atoms with Gasteiger partial charge in [0.25, 0.3) is 11.6 Å². The Morgan fingerprint density at radius 3 is 2.46 bits per heavy atom. The number of ether oxygens (including phenoxy) is 1. The fourth-order valence-corrected chi connectivity index (χ4v) is 2.30. The molecular weight excluding hydrogens is 433 g/mol. The minimum Gasteiger partial charge on any atom is -0.477 e. The molecule has 124 valence electrons. The molecule has 2 aromatic rings. The summed E-state index contributed by atoms with van der Waals surface area (Å²) in [6, 6.07) is 10.0. The summed E-state index contributed by atoms with van der Waals surface area (Å²) in [5.41, 5.74) is -0.423. The molecule has 0 bridgehead atoms. The lowest BCUT2D eigenvalue weighted by molar-refractivity contribution is -0.394. The fourth-order valence-electron chi connectivity index (χ4n) is 1.78. The number of non-ortho nitro benzene ring substituents is 1. The van der Waals surface area contributed by atoms with E-state index in [0.717, 1.165) is 21.8 Å². The maximum atomic E-state index is 11.9. The third-order valence-electron chi connectivity index (χ3n) is 2.86. The Labute approximate surface area is 149 Å². The molecule has 1 N–H and O–H groups in total. The summed E-state index contributed by atoms with van der Waals surface area (Å²) in [6.45, 7) is -0.469. The summed E-state index contributed by atoms with van der Waals surface area (Å²) in [5, 5.41) is 24.3. The maximum absolute atomic E-state index is 11.9. The van der Waals surface area contributed by atoms with E-state index in [1.165, 1.54) is 0 Å². The monoisotopic (exact) mass is 443 g/mol. The standard InChI is InChI=1S/C14H10IN3O6/c15-10-3-1-2-4-11(10)16-14(19)8-24-13-6-5-9(17(20)21)7-12(13)18(22)23/h1-7H,8H2,(H,16,19). The number of hydrogen-bond acceptors (Lipinski definition) is 6. The van der Waals surface area contributed by atoms with Crippen LogP contribution in [0.3, 0.4) is 0 Å². The van der Waals surface area contributed by atoms with E-state index in [1.54, 1.807) is 18.2 Å². The number of halogens is 1. The fraction of sp³-hybridized carbons (Fsp3) is 0.0714. The van der Waals surface area contributed by atoms with Crippen LogP contribution in [-0.4, -0.2) is 22.4 Å². The Kier molecular flexibility index (Phi) is 5.63. The Balaban J connectivity index is 2.08. The summed E-state index contributed by atoms with van der Waals surface area (Å²) in [7, 11) is 0. The van der Waals surface area contributed by atoms with Crippen molar-refractivity contribution >= 4 is 45.6 Å². The SMILES string of the molecule is O=C(COc1ccc([N+](=O)[O-])cc1[N+](=O)[O-])Nc1ccccc1I. The quantitative estimate of drug-likeness (QED) is 0.416. The second-order valence-corrected chi connectivity index (χ2v) is 5.65.